The molecule has 1 saturated heterocycles. The number of rotatable bonds is 13. The van der Waals surface area contributed by atoms with Gasteiger partial charge in [0.15, 0.2) is 29.1 Å². The van der Waals surface area contributed by atoms with Crippen LogP contribution in [0.3, 0.4) is 0 Å². The van der Waals surface area contributed by atoms with Gasteiger partial charge in [-0.15, -0.1) is 21.1 Å². The van der Waals surface area contributed by atoms with E-state index >= 15 is 0 Å². The second kappa shape index (κ2) is 14.0. The van der Waals surface area contributed by atoms with Crippen molar-refractivity contribution in [2.45, 2.75) is 37.4 Å². The summed E-state index contributed by atoms with van der Waals surface area (Å²) in [6.45, 7) is 2.64. The highest BCUT2D eigenvalue weighted by Crippen LogP contribution is 2.40. The fourth-order valence-corrected chi connectivity index (χ4v) is 6.07. The van der Waals surface area contributed by atoms with Gasteiger partial charge in [0.05, 0.1) is 25.3 Å². The Morgan fingerprint density at radius 3 is 2.58 bits per heavy atom. The third-order valence-electron chi connectivity index (χ3n) is 6.86. The fourth-order valence-electron chi connectivity index (χ4n) is 4.30. The molecule has 0 spiro atoms. The predicted octanol–water partition coefficient (Wildman–Crippen LogP) is -4.59. The fraction of sp³-hybridized carbons (Fsp3) is 0.417. The highest BCUT2D eigenvalue weighted by atomic mass is 32.2. The zero-order valence-electron chi connectivity index (χ0n) is 25.6. The van der Waals surface area contributed by atoms with Gasteiger partial charge in [0.2, 0.25) is 23.3 Å². The third-order valence-corrected chi connectivity index (χ3v) is 8.74. The number of oxime groups is 1. The van der Waals surface area contributed by atoms with Gasteiger partial charge in [-0.25, -0.2) is 9.59 Å². The number of nitrogen functional groups attached to an aromatic ring is 2. The van der Waals surface area contributed by atoms with Gasteiger partial charge in [-0.05, 0) is 13.8 Å². The molecule has 4 rings (SSSR count). The number of fused-ring (bicyclic) bond motifs is 1. The van der Waals surface area contributed by atoms with E-state index in [0.717, 1.165) is 16.4 Å². The number of nitrogens with two attached hydrogens (primary N) is 4. The zero-order chi connectivity index (χ0) is 35.5. The van der Waals surface area contributed by atoms with Gasteiger partial charge in [-0.2, -0.15) is 9.36 Å². The van der Waals surface area contributed by atoms with Crippen LogP contribution in [0.25, 0.3) is 0 Å². The molecule has 0 saturated carbocycles. The number of anilines is 3. The summed E-state index contributed by atoms with van der Waals surface area (Å²) in [6.07, 6.45) is 1.48. The molecule has 4 amide bonds. The first-order chi connectivity index (χ1) is 22.5. The summed E-state index contributed by atoms with van der Waals surface area (Å²) in [4.78, 5) is 76.3. The van der Waals surface area contributed by atoms with Crippen LogP contribution in [0.15, 0.2) is 27.6 Å². The molecule has 4 heterocycles. The highest BCUT2D eigenvalue weighted by molar-refractivity contribution is 8.00. The van der Waals surface area contributed by atoms with Crippen LogP contribution in [0.1, 0.15) is 19.7 Å². The number of carboxylic acids is 2. The van der Waals surface area contributed by atoms with Crippen molar-refractivity contribution in [3.8, 4) is 0 Å². The number of hydrogen-bond donors (Lipinski definition) is 8. The van der Waals surface area contributed by atoms with Crippen molar-refractivity contribution >= 4 is 81.4 Å². The van der Waals surface area contributed by atoms with Gasteiger partial charge < -0.3 is 53.4 Å². The number of urea groups is 1. The maximum absolute atomic E-state index is 13.3. The van der Waals surface area contributed by atoms with Gasteiger partial charge in [-0.3, -0.25) is 24.8 Å². The van der Waals surface area contributed by atoms with E-state index in [2.05, 4.69) is 35.5 Å². The summed E-state index contributed by atoms with van der Waals surface area (Å²) in [5, 5.41) is 32.1. The van der Waals surface area contributed by atoms with Crippen LogP contribution in [0.4, 0.5) is 21.4 Å². The Morgan fingerprint density at radius 1 is 1.27 bits per heavy atom. The van der Waals surface area contributed by atoms with E-state index in [1.54, 1.807) is 7.05 Å². The minimum atomic E-state index is -1.83. The van der Waals surface area contributed by atoms with E-state index in [1.807, 2.05) is 0 Å². The largest absolute Gasteiger partial charge is 0.543 e. The van der Waals surface area contributed by atoms with E-state index in [1.165, 1.54) is 41.2 Å². The molecule has 0 bridgehead atoms. The van der Waals surface area contributed by atoms with Gasteiger partial charge in [0, 0.05) is 29.4 Å². The molecule has 258 valence electrons. The topological polar surface area (TPSA) is 341 Å². The lowest BCUT2D eigenvalue weighted by molar-refractivity contribution is -0.765. The second-order valence-corrected chi connectivity index (χ2v) is 12.5. The van der Waals surface area contributed by atoms with Crippen molar-refractivity contribution < 1.29 is 43.7 Å². The molecule has 2 aliphatic rings. The van der Waals surface area contributed by atoms with E-state index in [0.29, 0.717) is 5.57 Å². The molecule has 0 aromatic carbocycles. The standard InChI is InChI=1S/C24H32N14O8S2/c1-24(2,20(43)44)46-34-11(15-33-22(28)48-35-15)16(39)32-12-17(40)38-13(19(41)42)9(8-47-18(12)38)6-37-7-10(14(25)36(37)3)31-23(45)30-5-4-29-21(26)27/h7,12,18,25H,4-6,8H2,1-3H3,(H11,26,27,28,29,30,31,32,33,35,39,41,42,43,44,45)/b34-11-/t12-,18-/m1/s1. The number of carboxylic acid groups (broad SMARTS) is 2. The van der Waals surface area contributed by atoms with E-state index < -0.39 is 52.5 Å². The van der Waals surface area contributed by atoms with E-state index in [9.17, 15) is 34.2 Å². The molecule has 48 heavy (non-hydrogen) atoms. The lowest BCUT2D eigenvalue weighted by Gasteiger charge is -2.50. The Bertz CT molecular complexity index is 1740. The van der Waals surface area contributed by atoms with Crippen molar-refractivity contribution in [2.24, 2.45) is 28.7 Å². The van der Waals surface area contributed by atoms with Crippen LogP contribution < -0.4 is 48.7 Å². The summed E-state index contributed by atoms with van der Waals surface area (Å²) in [5.74, 6) is -4.88. The molecule has 2 aromatic heterocycles. The molecule has 2 aromatic rings. The van der Waals surface area contributed by atoms with E-state index in [4.69, 9.17) is 27.8 Å². The van der Waals surface area contributed by atoms with Crippen molar-refractivity contribution in [1.29, 1.82) is 0 Å². The normalized spacial score (nSPS) is 17.6. The van der Waals surface area contributed by atoms with Crippen LogP contribution in [0, 0.1) is 0 Å². The van der Waals surface area contributed by atoms with Crippen LogP contribution >= 0.6 is 23.3 Å². The number of nitrogens with one attached hydrogen (secondary N) is 3. The Kier molecular flexibility index (Phi) is 10.3. The summed E-state index contributed by atoms with van der Waals surface area (Å²) in [7, 11) is 1.58. The number of amides is 4. The number of nitrogens with zero attached hydrogens (tertiary/aromatic N) is 7. The summed E-state index contributed by atoms with van der Waals surface area (Å²) in [6, 6.07) is -1.79. The lowest BCUT2D eigenvalue weighted by Crippen LogP contribution is -2.71. The van der Waals surface area contributed by atoms with E-state index in [-0.39, 0.29) is 59.5 Å². The number of carbonyl (C=O) groups excluding carboxylic acids is 4. The van der Waals surface area contributed by atoms with Gasteiger partial charge in [-0.1, -0.05) is 5.16 Å². The Labute approximate surface area is 279 Å². The van der Waals surface area contributed by atoms with Crippen LogP contribution in [0.5, 0.6) is 0 Å². The number of aromatic nitrogens is 4. The average Bonchev–Trinajstić information content (AvgIpc) is 3.55. The first-order valence-electron chi connectivity index (χ1n) is 13.7. The number of hydrogen-bond acceptors (Lipinski definition) is 15. The van der Waals surface area contributed by atoms with Crippen LogP contribution in [-0.2, 0) is 37.6 Å². The Morgan fingerprint density at radius 2 is 1.98 bits per heavy atom. The van der Waals surface area contributed by atoms with Gasteiger partial charge in [0.25, 0.3) is 11.8 Å². The molecular weight excluding hydrogens is 676 g/mol. The smallest absolute Gasteiger partial charge is 0.350 e. The third kappa shape index (κ3) is 7.49. The molecule has 2 atom stereocenters. The molecule has 24 heteroatoms. The number of aliphatic imine (C=N–C) groups is 1. The van der Waals surface area contributed by atoms with Crippen LogP contribution in [-0.4, -0.2) is 101 Å². The summed E-state index contributed by atoms with van der Waals surface area (Å²) >= 11 is 1.91. The molecule has 1 fully saturated rings. The Hall–Kier alpha value is -5.65. The predicted molar refractivity (Wildman–Crippen MR) is 168 cm³/mol. The van der Waals surface area contributed by atoms with Crippen molar-refractivity contribution in [2.75, 3.05) is 35.6 Å². The average molecular weight is 709 g/mol. The number of β-lactam (4-membered cyclic amide) rings is 1. The molecule has 12 N–H and O–H groups in total. The monoisotopic (exact) mass is 708 g/mol. The number of guanidine groups is 1. The molecule has 2 aliphatic heterocycles. The quantitative estimate of drug-likeness (QED) is 0.0242. The summed E-state index contributed by atoms with van der Waals surface area (Å²) in [5.41, 5.74) is 20.0. The molecule has 0 unspecified atom stereocenters. The molecular formula is C24H32N14O8S2. The maximum atomic E-state index is 13.3. The molecule has 22 nitrogen and oxygen atoms in total. The second-order valence-electron chi connectivity index (χ2n) is 10.6. The van der Waals surface area contributed by atoms with Gasteiger partial charge in [0.1, 0.15) is 11.4 Å². The van der Waals surface area contributed by atoms with Crippen molar-refractivity contribution in [3.63, 3.8) is 0 Å². The first-order valence-corrected chi connectivity index (χ1v) is 15.6. The SMILES string of the molecule is Cn1c(N)c(NC(=O)NCCN=C(N)N)c[n+]1CC1=C(C(=O)[O-])N2C(=O)[C@@H](NC(=O)/C(=N\OC(C)(C)C(=O)O)c3nsc(N)n3)[C@H]2SC1. The zero-order valence-corrected chi connectivity index (χ0v) is 27.3. The van der Waals surface area contributed by atoms with Gasteiger partial charge >= 0.3 is 12.0 Å². The highest BCUT2D eigenvalue weighted by Gasteiger charge is 2.53. The van der Waals surface area contributed by atoms with Crippen LogP contribution in [0.2, 0.25) is 0 Å². The van der Waals surface area contributed by atoms with Crippen molar-refractivity contribution in [3.05, 3.63) is 23.3 Å². The minimum absolute atomic E-state index is 0.0171. The Balaban J connectivity index is 1.50. The molecule has 0 radical (unpaired) electrons. The lowest BCUT2D eigenvalue weighted by atomic mass is 10.0. The molecule has 0 aliphatic carbocycles. The van der Waals surface area contributed by atoms with Crippen molar-refractivity contribution in [1.82, 2.24) is 29.6 Å². The number of carbonyl (C=O) groups is 5. The maximum Gasteiger partial charge on any atom is 0.350 e. The number of thioether (sulfide) groups is 1. The number of aliphatic carboxylic acids is 2. The minimum Gasteiger partial charge on any atom is -0.543 e. The first kappa shape index (κ1) is 35.2. The summed E-state index contributed by atoms with van der Waals surface area (Å²) < 4.78 is 6.91.